The molecule has 3 heterocycles. The molecule has 12 heteroatoms. The summed E-state index contributed by atoms with van der Waals surface area (Å²) in [6.07, 6.45) is -5.74. The Morgan fingerprint density at radius 1 is 1.05 bits per heavy atom. The maximum Gasteiger partial charge on any atom is 0.509 e. The van der Waals surface area contributed by atoms with Gasteiger partial charge < -0.3 is 49.2 Å². The Bertz CT molecular complexity index is 934. The highest BCUT2D eigenvalue weighted by atomic mass is 16.8. The molecule has 3 aliphatic heterocycles. The van der Waals surface area contributed by atoms with Crippen molar-refractivity contribution in [2.45, 2.75) is 141 Å². The normalized spacial score (nSPS) is 48.0. The first kappa shape index (κ1) is 34.9. The Morgan fingerprint density at radius 2 is 1.69 bits per heavy atom. The van der Waals surface area contributed by atoms with Crippen LogP contribution in [0.15, 0.2) is 0 Å². The molecule has 0 aromatic carbocycles. The number of carbonyl (C=O) groups excluding carboxylic acids is 2. The van der Waals surface area contributed by atoms with Crippen molar-refractivity contribution in [3.8, 4) is 0 Å². The number of cyclic esters (lactones) is 1. The van der Waals surface area contributed by atoms with E-state index in [9.17, 15) is 24.9 Å². The Hall–Kier alpha value is -1.54. The van der Waals surface area contributed by atoms with Gasteiger partial charge in [-0.05, 0) is 68.0 Å². The summed E-state index contributed by atoms with van der Waals surface area (Å²) in [6.45, 7) is 14.6. The number of ether oxygens (including phenoxy) is 5. The molecule has 0 unspecified atom stereocenters. The summed E-state index contributed by atoms with van der Waals surface area (Å²) < 4.78 is 29.5. The van der Waals surface area contributed by atoms with Crippen molar-refractivity contribution in [3.05, 3.63) is 0 Å². The van der Waals surface area contributed by atoms with Gasteiger partial charge in [0.15, 0.2) is 18.0 Å². The van der Waals surface area contributed by atoms with Crippen LogP contribution in [0.1, 0.15) is 74.7 Å². The van der Waals surface area contributed by atoms with E-state index in [0.717, 1.165) is 0 Å². The highest BCUT2D eigenvalue weighted by Gasteiger charge is 2.57. The molecule has 3 fully saturated rings. The van der Waals surface area contributed by atoms with Crippen LogP contribution in [0.25, 0.3) is 0 Å². The minimum absolute atomic E-state index is 0.211. The van der Waals surface area contributed by atoms with Crippen LogP contribution < -0.4 is 5.32 Å². The second-order valence-electron chi connectivity index (χ2n) is 13.5. The summed E-state index contributed by atoms with van der Waals surface area (Å²) in [5.74, 6) is -2.69. The van der Waals surface area contributed by atoms with E-state index in [0.29, 0.717) is 19.4 Å². The third-order valence-electron chi connectivity index (χ3n) is 9.45. The van der Waals surface area contributed by atoms with Crippen molar-refractivity contribution in [2.24, 2.45) is 17.8 Å². The molecule has 3 aliphatic rings. The van der Waals surface area contributed by atoms with Crippen molar-refractivity contribution in [2.75, 3.05) is 20.6 Å². The van der Waals surface area contributed by atoms with Crippen LogP contribution in [0.2, 0.25) is 0 Å². The number of rotatable bonds is 4. The maximum absolute atomic E-state index is 13.4. The zero-order chi connectivity index (χ0) is 31.7. The lowest BCUT2D eigenvalue weighted by atomic mass is 9.79. The van der Waals surface area contributed by atoms with Gasteiger partial charge in [-0.25, -0.2) is 4.79 Å². The van der Waals surface area contributed by atoms with Crippen LogP contribution >= 0.6 is 0 Å². The number of carbonyl (C=O) groups is 2. The lowest BCUT2D eigenvalue weighted by Crippen LogP contribution is -2.59. The highest BCUT2D eigenvalue weighted by molar-refractivity contribution is 5.73. The minimum Gasteiger partial charge on any atom is -0.458 e. The second-order valence-corrected chi connectivity index (χ2v) is 13.5. The number of hydrogen-bond donors (Lipinski definition) is 4. The SMILES string of the molecule is CC[C@H]1OC(=O)[C@H](C)[C@@H](O)[C@H](C)[C@@H](O[C@@H]2O[C@H](C)C[C@H](N(C)C)[C@H]2O)[C@](C)(O)C[C@@H](C)NC[C@H](C)[C@H]2OC(=O)O[C@@]21C. The molecule has 0 amide bonds. The van der Waals surface area contributed by atoms with Crippen molar-refractivity contribution in [1.82, 2.24) is 10.2 Å². The molecular formula is C30H54N2O10. The summed E-state index contributed by atoms with van der Waals surface area (Å²) >= 11 is 0. The number of aliphatic hydroxyl groups excluding tert-OH is 2. The first-order chi connectivity index (χ1) is 19.4. The van der Waals surface area contributed by atoms with Gasteiger partial charge in [-0.15, -0.1) is 0 Å². The smallest absolute Gasteiger partial charge is 0.458 e. The molecule has 0 saturated carbocycles. The molecular weight excluding hydrogens is 548 g/mol. The minimum atomic E-state index is -1.51. The zero-order valence-electron chi connectivity index (χ0n) is 26.9. The average Bonchev–Trinajstić information content (AvgIpc) is 3.22. The number of fused-ring (bicyclic) bond motifs is 1. The van der Waals surface area contributed by atoms with Crippen LogP contribution in [-0.4, -0.2) is 119 Å². The largest absolute Gasteiger partial charge is 0.509 e. The fourth-order valence-electron chi connectivity index (χ4n) is 6.98. The van der Waals surface area contributed by atoms with Gasteiger partial charge in [0.25, 0.3) is 0 Å². The first-order valence-electron chi connectivity index (χ1n) is 15.3. The molecule has 0 bridgehead atoms. The molecule has 14 atom stereocenters. The van der Waals surface area contributed by atoms with Gasteiger partial charge in [-0.3, -0.25) is 4.79 Å². The molecule has 4 N–H and O–H groups in total. The summed E-state index contributed by atoms with van der Waals surface area (Å²) in [6, 6.07) is -0.458. The van der Waals surface area contributed by atoms with Gasteiger partial charge in [0.1, 0.15) is 12.2 Å². The summed E-state index contributed by atoms with van der Waals surface area (Å²) in [4.78, 5) is 27.6. The second kappa shape index (κ2) is 13.6. The Balaban J connectivity index is 1.97. The van der Waals surface area contributed by atoms with Crippen LogP contribution in [0.3, 0.4) is 0 Å². The lowest BCUT2D eigenvalue weighted by molar-refractivity contribution is -0.298. The van der Waals surface area contributed by atoms with Gasteiger partial charge in [0, 0.05) is 30.5 Å². The molecule has 3 rings (SSSR count). The number of hydrogen-bond acceptors (Lipinski definition) is 12. The van der Waals surface area contributed by atoms with E-state index in [-0.39, 0.29) is 30.5 Å². The van der Waals surface area contributed by atoms with E-state index in [1.165, 1.54) is 0 Å². The molecule has 0 radical (unpaired) electrons. The standard InChI is InChI=1S/C30H54N2O10/c1-11-21-30(8)24(41-28(36)42-30)15(2)14-31-16(3)13-29(7,37)25(18(5)22(33)19(6)26(35)39-21)40-27-23(34)20(32(9)10)12-17(4)38-27/h15-25,27,31,33-34,37H,11-14H2,1-10H3/t15-,16+,17+,18-,19+,20-,21+,22-,23+,24+,25+,27-,29+,30+/m0/s1. The van der Waals surface area contributed by atoms with Gasteiger partial charge in [-0.2, -0.15) is 0 Å². The Labute approximate surface area is 250 Å². The fraction of sp³-hybridized carbons (Fsp3) is 0.933. The summed E-state index contributed by atoms with van der Waals surface area (Å²) in [5.41, 5.74) is -2.74. The Kier molecular flexibility index (Phi) is 11.3. The topological polar surface area (TPSA) is 156 Å². The number of nitrogens with zero attached hydrogens (tertiary/aromatic N) is 1. The lowest BCUT2D eigenvalue weighted by Gasteiger charge is -2.46. The van der Waals surface area contributed by atoms with Crippen molar-refractivity contribution >= 4 is 12.1 Å². The number of aliphatic hydroxyl groups is 3. The van der Waals surface area contributed by atoms with E-state index >= 15 is 0 Å². The van der Waals surface area contributed by atoms with E-state index < -0.39 is 72.0 Å². The zero-order valence-corrected chi connectivity index (χ0v) is 26.9. The monoisotopic (exact) mass is 602 g/mol. The van der Waals surface area contributed by atoms with Crippen molar-refractivity contribution in [1.29, 1.82) is 0 Å². The number of likely N-dealkylation sites (N-methyl/N-ethyl adjacent to an activating group) is 1. The van der Waals surface area contributed by atoms with Crippen LogP contribution in [0.4, 0.5) is 4.79 Å². The van der Waals surface area contributed by atoms with Gasteiger partial charge in [0.2, 0.25) is 0 Å². The van der Waals surface area contributed by atoms with Crippen molar-refractivity contribution in [3.63, 3.8) is 0 Å². The van der Waals surface area contributed by atoms with Crippen molar-refractivity contribution < 1.29 is 48.6 Å². The van der Waals surface area contributed by atoms with E-state index in [2.05, 4.69) is 5.32 Å². The predicted octanol–water partition coefficient (Wildman–Crippen LogP) is 1.82. The average molecular weight is 603 g/mol. The third-order valence-corrected chi connectivity index (χ3v) is 9.45. The first-order valence-corrected chi connectivity index (χ1v) is 15.3. The molecule has 0 aromatic rings. The summed E-state index contributed by atoms with van der Waals surface area (Å²) in [7, 11) is 3.75. The fourth-order valence-corrected chi connectivity index (χ4v) is 6.98. The Morgan fingerprint density at radius 3 is 2.29 bits per heavy atom. The maximum atomic E-state index is 13.4. The third kappa shape index (κ3) is 7.39. The molecule has 3 saturated heterocycles. The van der Waals surface area contributed by atoms with Gasteiger partial charge >= 0.3 is 12.1 Å². The molecule has 0 aromatic heterocycles. The van der Waals surface area contributed by atoms with E-state index in [1.807, 2.05) is 46.7 Å². The van der Waals surface area contributed by atoms with Crippen LogP contribution in [-0.2, 0) is 28.5 Å². The van der Waals surface area contributed by atoms with Gasteiger partial charge in [-0.1, -0.05) is 20.8 Å². The molecule has 244 valence electrons. The summed E-state index contributed by atoms with van der Waals surface area (Å²) in [5, 5.41) is 38.0. The van der Waals surface area contributed by atoms with E-state index in [4.69, 9.17) is 23.7 Å². The highest BCUT2D eigenvalue weighted by Crippen LogP contribution is 2.39. The van der Waals surface area contributed by atoms with Crippen LogP contribution in [0, 0.1) is 17.8 Å². The van der Waals surface area contributed by atoms with Gasteiger partial charge in [0.05, 0.1) is 29.8 Å². The number of esters is 1. The number of nitrogens with one attached hydrogen (secondary N) is 1. The van der Waals surface area contributed by atoms with E-state index in [1.54, 1.807) is 27.7 Å². The predicted molar refractivity (Wildman–Crippen MR) is 153 cm³/mol. The quantitative estimate of drug-likeness (QED) is 0.347. The molecule has 42 heavy (non-hydrogen) atoms. The molecule has 0 aliphatic carbocycles. The van der Waals surface area contributed by atoms with Crippen LogP contribution in [0.5, 0.6) is 0 Å². The molecule has 0 spiro atoms. The molecule has 12 nitrogen and oxygen atoms in total.